The van der Waals surface area contributed by atoms with E-state index in [1.807, 2.05) is 0 Å². The summed E-state index contributed by atoms with van der Waals surface area (Å²) in [5, 5.41) is 10.4. The summed E-state index contributed by atoms with van der Waals surface area (Å²) in [5.74, 6) is -1.89. The van der Waals surface area contributed by atoms with Crippen molar-refractivity contribution in [2.45, 2.75) is 0 Å². The van der Waals surface area contributed by atoms with E-state index in [1.165, 1.54) is 0 Å². The molecule has 1 aromatic rings. The van der Waals surface area contributed by atoms with Crippen molar-refractivity contribution >= 4 is 27.6 Å². The van der Waals surface area contributed by atoms with Crippen molar-refractivity contribution in [1.29, 1.82) is 0 Å². The largest absolute Gasteiger partial charge is 0.465 e. The molecule has 1 rings (SSSR count). The summed E-state index contributed by atoms with van der Waals surface area (Å²) in [5.41, 5.74) is -0.796. The molecule has 5 nitrogen and oxygen atoms in total. The Morgan fingerprint density at radius 1 is 1.60 bits per heavy atom. The van der Waals surface area contributed by atoms with Gasteiger partial charge < -0.3 is 4.74 Å². The van der Waals surface area contributed by atoms with Gasteiger partial charge in [-0.3, -0.25) is 10.1 Å². The van der Waals surface area contributed by atoms with Gasteiger partial charge in [0.25, 0.3) is 5.69 Å². The number of ether oxygens (including phenoxy) is 1. The second kappa shape index (κ2) is 4.35. The zero-order chi connectivity index (χ0) is 11.6. The molecule has 0 radical (unpaired) electrons. The molecule has 0 bridgehead atoms. The predicted octanol–water partition coefficient (Wildman–Crippen LogP) is 2.28. The molecular weight excluding hydrogens is 273 g/mol. The van der Waals surface area contributed by atoms with Crippen LogP contribution in [0.1, 0.15) is 10.4 Å². The Morgan fingerprint density at radius 3 is 2.60 bits per heavy atom. The first-order chi connectivity index (χ1) is 6.97. The van der Waals surface area contributed by atoms with Gasteiger partial charge in [0.05, 0.1) is 18.1 Å². The lowest BCUT2D eigenvalue weighted by atomic mass is 10.2. The van der Waals surface area contributed by atoms with Crippen LogP contribution in [0.4, 0.5) is 10.1 Å². The number of hydrogen-bond acceptors (Lipinski definition) is 4. The maximum atomic E-state index is 13.3. The maximum absolute atomic E-state index is 13.3. The lowest BCUT2D eigenvalue weighted by Gasteiger charge is -2.03. The fourth-order valence-electron chi connectivity index (χ4n) is 0.962. The van der Waals surface area contributed by atoms with E-state index in [2.05, 4.69) is 20.7 Å². The molecule has 80 valence electrons. The molecule has 7 heteroatoms. The minimum atomic E-state index is -0.997. The zero-order valence-electron chi connectivity index (χ0n) is 7.49. The van der Waals surface area contributed by atoms with Crippen LogP contribution in [0.15, 0.2) is 16.6 Å². The lowest BCUT2D eigenvalue weighted by Crippen LogP contribution is -2.06. The maximum Gasteiger partial charge on any atom is 0.342 e. The number of halogens is 2. The summed E-state index contributed by atoms with van der Waals surface area (Å²) >= 11 is 2.86. The highest BCUT2D eigenvalue weighted by atomic mass is 79.9. The zero-order valence-corrected chi connectivity index (χ0v) is 9.08. The average Bonchev–Trinajstić information content (AvgIpc) is 2.16. The first kappa shape index (κ1) is 11.6. The molecule has 1 aromatic carbocycles. The molecule has 0 aliphatic carbocycles. The smallest absolute Gasteiger partial charge is 0.342 e. The first-order valence-corrected chi connectivity index (χ1v) is 4.48. The topological polar surface area (TPSA) is 69.4 Å². The molecule has 0 N–H and O–H groups in total. The monoisotopic (exact) mass is 277 g/mol. The van der Waals surface area contributed by atoms with E-state index >= 15 is 0 Å². The average molecular weight is 278 g/mol. The normalized spacial score (nSPS) is 9.80. The number of nitrogens with zero attached hydrogens (tertiary/aromatic N) is 1. The predicted molar refractivity (Wildman–Crippen MR) is 52.1 cm³/mol. The number of non-ortho nitro benzene ring substituents is 1. The molecular formula is C8H5BrFNO4. The van der Waals surface area contributed by atoms with E-state index in [9.17, 15) is 19.3 Å². The third kappa shape index (κ3) is 2.30. The van der Waals surface area contributed by atoms with Gasteiger partial charge in [-0.25, -0.2) is 9.18 Å². The van der Waals surface area contributed by atoms with E-state index in [0.29, 0.717) is 6.07 Å². The lowest BCUT2D eigenvalue weighted by molar-refractivity contribution is -0.385. The third-order valence-corrected chi connectivity index (χ3v) is 2.25. The van der Waals surface area contributed by atoms with Crippen LogP contribution in [0.2, 0.25) is 0 Å². The number of carbonyl (C=O) groups excluding carboxylic acids is 1. The fraction of sp³-hybridized carbons (Fsp3) is 0.125. The van der Waals surface area contributed by atoms with E-state index in [0.717, 1.165) is 13.2 Å². The highest BCUT2D eigenvalue weighted by molar-refractivity contribution is 9.10. The van der Waals surface area contributed by atoms with E-state index in [4.69, 9.17) is 0 Å². The molecule has 0 saturated heterocycles. The Balaban J connectivity index is 3.33. The second-order valence-electron chi connectivity index (χ2n) is 2.53. The Labute approximate surface area is 92.1 Å². The molecule has 0 spiro atoms. The number of rotatable bonds is 2. The summed E-state index contributed by atoms with van der Waals surface area (Å²) in [4.78, 5) is 20.7. The van der Waals surface area contributed by atoms with Gasteiger partial charge in [0.1, 0.15) is 11.4 Å². The van der Waals surface area contributed by atoms with E-state index in [1.54, 1.807) is 0 Å². The summed E-state index contributed by atoms with van der Waals surface area (Å²) in [7, 11) is 1.09. The summed E-state index contributed by atoms with van der Waals surface area (Å²) in [6.07, 6.45) is 0. The van der Waals surface area contributed by atoms with Crippen molar-refractivity contribution in [2.75, 3.05) is 7.11 Å². The van der Waals surface area contributed by atoms with Crippen LogP contribution >= 0.6 is 15.9 Å². The minimum absolute atomic E-state index is 0.0129. The van der Waals surface area contributed by atoms with Gasteiger partial charge in [0, 0.05) is 10.5 Å². The number of methoxy groups -OCH3 is 1. The Morgan fingerprint density at radius 2 is 2.20 bits per heavy atom. The van der Waals surface area contributed by atoms with Gasteiger partial charge in [0.15, 0.2) is 0 Å². The molecule has 0 aliphatic rings. The van der Waals surface area contributed by atoms with Crippen LogP contribution in [-0.4, -0.2) is 18.0 Å². The summed E-state index contributed by atoms with van der Waals surface area (Å²) < 4.78 is 17.6. The third-order valence-electron chi connectivity index (χ3n) is 1.63. The number of nitro benzene ring substituents is 1. The van der Waals surface area contributed by atoms with Crippen molar-refractivity contribution in [3.05, 3.63) is 38.1 Å². The quantitative estimate of drug-likeness (QED) is 0.472. The van der Waals surface area contributed by atoms with Gasteiger partial charge in [0.2, 0.25) is 0 Å². The van der Waals surface area contributed by atoms with E-state index in [-0.39, 0.29) is 10.0 Å². The van der Waals surface area contributed by atoms with Crippen molar-refractivity contribution in [3.63, 3.8) is 0 Å². The number of carbonyl (C=O) groups is 1. The summed E-state index contributed by atoms with van der Waals surface area (Å²) in [6.45, 7) is 0. The number of benzene rings is 1. The van der Waals surface area contributed by atoms with Gasteiger partial charge >= 0.3 is 5.97 Å². The van der Waals surface area contributed by atoms with Crippen molar-refractivity contribution < 1.29 is 18.8 Å². The standard InChI is InChI=1S/C8H5BrFNO4/c1-15-8(12)7-5(9)2-4(11(13)14)3-6(7)10/h2-3H,1H3. The first-order valence-electron chi connectivity index (χ1n) is 3.69. The second-order valence-corrected chi connectivity index (χ2v) is 3.39. The van der Waals surface area contributed by atoms with Crippen LogP contribution < -0.4 is 0 Å². The highest BCUT2D eigenvalue weighted by Crippen LogP contribution is 2.26. The fourth-order valence-corrected chi connectivity index (χ4v) is 1.55. The SMILES string of the molecule is COC(=O)c1c(F)cc([N+](=O)[O-])cc1Br. The van der Waals surface area contributed by atoms with Crippen LogP contribution in [0.3, 0.4) is 0 Å². The number of hydrogen-bond donors (Lipinski definition) is 0. The molecule has 0 heterocycles. The molecule has 0 unspecified atom stereocenters. The molecule has 0 fully saturated rings. The molecule has 0 amide bonds. The number of nitro groups is 1. The Hall–Kier alpha value is -1.50. The van der Waals surface area contributed by atoms with Gasteiger partial charge in [-0.05, 0) is 15.9 Å². The van der Waals surface area contributed by atoms with Crippen LogP contribution in [0.5, 0.6) is 0 Å². The Bertz CT molecular complexity index is 412. The van der Waals surface area contributed by atoms with Crippen molar-refractivity contribution in [1.82, 2.24) is 0 Å². The molecule has 0 saturated carbocycles. The van der Waals surface area contributed by atoms with E-state index < -0.39 is 22.4 Å². The highest BCUT2D eigenvalue weighted by Gasteiger charge is 2.21. The molecule has 15 heavy (non-hydrogen) atoms. The van der Waals surface area contributed by atoms with Crippen LogP contribution in [0, 0.1) is 15.9 Å². The van der Waals surface area contributed by atoms with Gasteiger partial charge in [-0.2, -0.15) is 0 Å². The number of esters is 1. The van der Waals surface area contributed by atoms with Crippen LogP contribution in [0.25, 0.3) is 0 Å². The molecule has 0 aromatic heterocycles. The van der Waals surface area contributed by atoms with Crippen molar-refractivity contribution in [2.24, 2.45) is 0 Å². The molecule has 0 aliphatic heterocycles. The van der Waals surface area contributed by atoms with Gasteiger partial charge in [-0.15, -0.1) is 0 Å². The van der Waals surface area contributed by atoms with Crippen LogP contribution in [-0.2, 0) is 4.74 Å². The Kier molecular flexibility index (Phi) is 3.35. The van der Waals surface area contributed by atoms with Crippen molar-refractivity contribution in [3.8, 4) is 0 Å². The summed E-state index contributed by atoms with van der Waals surface area (Å²) in [6, 6.07) is 1.70. The van der Waals surface area contributed by atoms with Gasteiger partial charge in [-0.1, -0.05) is 0 Å². The molecule has 0 atom stereocenters. The minimum Gasteiger partial charge on any atom is -0.465 e.